The van der Waals surface area contributed by atoms with E-state index >= 15 is 0 Å². The number of likely N-dealkylation sites (N-methyl/N-ethyl adjacent to an activating group) is 1. The first-order chi connectivity index (χ1) is 6.59. The van der Waals surface area contributed by atoms with Gasteiger partial charge in [-0.1, -0.05) is 13.8 Å². The summed E-state index contributed by atoms with van der Waals surface area (Å²) in [7, 11) is 0. The van der Waals surface area contributed by atoms with E-state index in [1.54, 1.807) is 0 Å². The minimum atomic E-state index is -0.136. The second-order valence-electron chi connectivity index (χ2n) is 4.98. The molecule has 0 spiro atoms. The molecule has 0 aromatic rings. The monoisotopic (exact) mass is 196 g/mol. The zero-order valence-electron chi connectivity index (χ0n) is 9.34. The van der Waals surface area contributed by atoms with Gasteiger partial charge < -0.3 is 10.2 Å². The van der Waals surface area contributed by atoms with Crippen molar-refractivity contribution in [2.75, 3.05) is 19.6 Å². The standard InChI is InChI=1S/C11H20N2O/c1-4-13-9-7-12-6-5-8(9)11(2,3)10(13)14/h8-9,12H,4-7H2,1-3H3. The molecule has 3 nitrogen and oxygen atoms in total. The van der Waals surface area contributed by atoms with E-state index in [-0.39, 0.29) is 5.41 Å². The van der Waals surface area contributed by atoms with E-state index in [1.807, 2.05) is 0 Å². The molecule has 3 heteroatoms. The Labute approximate surface area is 85.8 Å². The summed E-state index contributed by atoms with van der Waals surface area (Å²) in [6.45, 7) is 9.18. The Bertz CT molecular complexity index is 250. The fraction of sp³-hybridized carbons (Fsp3) is 0.909. The molecule has 2 unspecified atom stereocenters. The highest BCUT2D eigenvalue weighted by Gasteiger charge is 2.53. The molecule has 0 aromatic heterocycles. The molecule has 2 atom stereocenters. The van der Waals surface area contributed by atoms with Gasteiger partial charge in [0.25, 0.3) is 0 Å². The number of nitrogens with one attached hydrogen (secondary N) is 1. The van der Waals surface area contributed by atoms with Crippen LogP contribution < -0.4 is 5.32 Å². The lowest BCUT2D eigenvalue weighted by molar-refractivity contribution is -0.135. The lowest BCUT2D eigenvalue weighted by atomic mass is 9.75. The molecular formula is C11H20N2O. The van der Waals surface area contributed by atoms with E-state index in [9.17, 15) is 4.79 Å². The van der Waals surface area contributed by atoms with Gasteiger partial charge in [-0.05, 0) is 25.8 Å². The van der Waals surface area contributed by atoms with E-state index in [4.69, 9.17) is 0 Å². The number of nitrogens with zero attached hydrogens (tertiary/aromatic N) is 1. The molecule has 0 aliphatic carbocycles. The maximum atomic E-state index is 12.1. The smallest absolute Gasteiger partial charge is 0.228 e. The number of hydrogen-bond acceptors (Lipinski definition) is 2. The number of rotatable bonds is 1. The Morgan fingerprint density at radius 1 is 1.57 bits per heavy atom. The highest BCUT2D eigenvalue weighted by molar-refractivity contribution is 5.85. The Balaban J connectivity index is 2.29. The van der Waals surface area contributed by atoms with Gasteiger partial charge in [-0.3, -0.25) is 4.79 Å². The van der Waals surface area contributed by atoms with Crippen LogP contribution in [0.3, 0.4) is 0 Å². The first-order valence-corrected chi connectivity index (χ1v) is 5.60. The van der Waals surface area contributed by atoms with Crippen molar-refractivity contribution >= 4 is 5.91 Å². The number of likely N-dealkylation sites (tertiary alicyclic amines) is 1. The number of amides is 1. The average molecular weight is 196 g/mol. The Morgan fingerprint density at radius 3 is 2.93 bits per heavy atom. The molecule has 2 fully saturated rings. The number of carbonyl (C=O) groups is 1. The molecular weight excluding hydrogens is 176 g/mol. The zero-order valence-corrected chi connectivity index (χ0v) is 9.34. The van der Waals surface area contributed by atoms with Crippen LogP contribution in [0.4, 0.5) is 0 Å². The normalized spacial score (nSPS) is 35.9. The zero-order chi connectivity index (χ0) is 10.3. The van der Waals surface area contributed by atoms with E-state index in [1.165, 1.54) is 0 Å². The van der Waals surface area contributed by atoms with Crippen LogP contribution in [0.15, 0.2) is 0 Å². The van der Waals surface area contributed by atoms with E-state index in [2.05, 4.69) is 31.0 Å². The van der Waals surface area contributed by atoms with Crippen molar-refractivity contribution in [3.05, 3.63) is 0 Å². The van der Waals surface area contributed by atoms with E-state index in [0.717, 1.165) is 26.1 Å². The number of fused-ring (bicyclic) bond motifs is 1. The summed E-state index contributed by atoms with van der Waals surface area (Å²) < 4.78 is 0. The summed E-state index contributed by atoms with van der Waals surface area (Å²) in [5.74, 6) is 0.898. The molecule has 0 saturated carbocycles. The molecule has 80 valence electrons. The SMILES string of the molecule is CCN1C(=O)C(C)(C)C2CCNCC21. The van der Waals surface area contributed by atoms with Crippen LogP contribution in [-0.4, -0.2) is 36.5 Å². The maximum Gasteiger partial charge on any atom is 0.228 e. The van der Waals surface area contributed by atoms with E-state index < -0.39 is 0 Å². The number of hydrogen-bond donors (Lipinski definition) is 1. The summed E-state index contributed by atoms with van der Waals surface area (Å²) in [5, 5.41) is 3.38. The molecule has 2 saturated heterocycles. The summed E-state index contributed by atoms with van der Waals surface area (Å²) in [6.07, 6.45) is 1.14. The maximum absolute atomic E-state index is 12.1. The van der Waals surface area contributed by atoms with Gasteiger partial charge in [0.1, 0.15) is 0 Å². The number of carbonyl (C=O) groups excluding carboxylic acids is 1. The highest BCUT2D eigenvalue weighted by atomic mass is 16.2. The molecule has 2 aliphatic heterocycles. The molecule has 0 radical (unpaired) electrons. The third kappa shape index (κ3) is 1.18. The van der Waals surface area contributed by atoms with Crippen LogP contribution in [0.1, 0.15) is 27.2 Å². The summed E-state index contributed by atoms with van der Waals surface area (Å²) in [4.78, 5) is 14.2. The molecule has 1 N–H and O–H groups in total. The Kier molecular flexibility index (Phi) is 2.30. The first-order valence-electron chi connectivity index (χ1n) is 5.60. The van der Waals surface area contributed by atoms with Crippen molar-refractivity contribution in [2.45, 2.75) is 33.2 Å². The van der Waals surface area contributed by atoms with Crippen LogP contribution >= 0.6 is 0 Å². The number of piperidine rings is 1. The molecule has 14 heavy (non-hydrogen) atoms. The minimum absolute atomic E-state index is 0.136. The fourth-order valence-corrected chi connectivity index (χ4v) is 3.07. The Morgan fingerprint density at radius 2 is 2.29 bits per heavy atom. The van der Waals surface area contributed by atoms with Crippen LogP contribution in [0.5, 0.6) is 0 Å². The summed E-state index contributed by atoms with van der Waals surface area (Å²) in [6, 6.07) is 0.441. The van der Waals surface area contributed by atoms with Crippen molar-refractivity contribution in [2.24, 2.45) is 11.3 Å². The van der Waals surface area contributed by atoms with Gasteiger partial charge in [-0.15, -0.1) is 0 Å². The molecule has 2 heterocycles. The van der Waals surface area contributed by atoms with Crippen LogP contribution in [0.2, 0.25) is 0 Å². The quantitative estimate of drug-likeness (QED) is 0.674. The van der Waals surface area contributed by atoms with Gasteiger partial charge in [-0.2, -0.15) is 0 Å². The third-order valence-electron chi connectivity index (χ3n) is 3.93. The lowest BCUT2D eigenvalue weighted by Gasteiger charge is -2.33. The lowest BCUT2D eigenvalue weighted by Crippen LogP contribution is -2.46. The van der Waals surface area contributed by atoms with Gasteiger partial charge >= 0.3 is 0 Å². The van der Waals surface area contributed by atoms with Crippen molar-refractivity contribution in [3.8, 4) is 0 Å². The van der Waals surface area contributed by atoms with Crippen molar-refractivity contribution in [1.29, 1.82) is 0 Å². The van der Waals surface area contributed by atoms with Gasteiger partial charge in [0.15, 0.2) is 0 Å². The molecule has 1 amide bonds. The van der Waals surface area contributed by atoms with Gasteiger partial charge in [0.2, 0.25) is 5.91 Å². The minimum Gasteiger partial charge on any atom is -0.338 e. The highest BCUT2D eigenvalue weighted by Crippen LogP contribution is 2.43. The Hall–Kier alpha value is -0.570. The molecule has 0 bridgehead atoms. The van der Waals surface area contributed by atoms with Crippen molar-refractivity contribution in [3.63, 3.8) is 0 Å². The fourth-order valence-electron chi connectivity index (χ4n) is 3.07. The topological polar surface area (TPSA) is 32.3 Å². The average Bonchev–Trinajstić information content (AvgIpc) is 2.37. The summed E-state index contributed by atoms with van der Waals surface area (Å²) in [5.41, 5.74) is -0.136. The second-order valence-corrected chi connectivity index (χ2v) is 4.98. The molecule has 0 aromatic carbocycles. The van der Waals surface area contributed by atoms with Crippen LogP contribution in [0.25, 0.3) is 0 Å². The molecule has 2 aliphatic rings. The third-order valence-corrected chi connectivity index (χ3v) is 3.93. The first kappa shape index (κ1) is 9.97. The predicted octanol–water partition coefficient (Wildman–Crippen LogP) is 0.853. The van der Waals surface area contributed by atoms with Crippen LogP contribution in [0, 0.1) is 11.3 Å². The second kappa shape index (κ2) is 3.23. The molecule has 2 rings (SSSR count). The van der Waals surface area contributed by atoms with Gasteiger partial charge in [0.05, 0.1) is 0 Å². The van der Waals surface area contributed by atoms with Crippen LogP contribution in [-0.2, 0) is 4.79 Å². The largest absolute Gasteiger partial charge is 0.338 e. The van der Waals surface area contributed by atoms with Crippen molar-refractivity contribution < 1.29 is 4.79 Å². The van der Waals surface area contributed by atoms with Gasteiger partial charge in [-0.25, -0.2) is 0 Å². The van der Waals surface area contributed by atoms with Crippen molar-refractivity contribution in [1.82, 2.24) is 10.2 Å². The predicted molar refractivity (Wildman–Crippen MR) is 55.9 cm³/mol. The van der Waals surface area contributed by atoms with Gasteiger partial charge in [0, 0.05) is 24.5 Å². The van der Waals surface area contributed by atoms with E-state index in [0.29, 0.717) is 17.9 Å². The summed E-state index contributed by atoms with van der Waals surface area (Å²) >= 11 is 0.